The molecule has 5 rings (SSSR count). The fourth-order valence-electron chi connectivity index (χ4n) is 4.81. The van der Waals surface area contributed by atoms with E-state index in [1.807, 2.05) is 0 Å². The molecule has 0 bridgehead atoms. The van der Waals surface area contributed by atoms with E-state index < -0.39 is 46.1 Å². The van der Waals surface area contributed by atoms with Crippen LogP contribution in [-0.2, 0) is 4.74 Å². The summed E-state index contributed by atoms with van der Waals surface area (Å²) in [6.45, 7) is 6.00. The average Bonchev–Trinajstić information content (AvgIpc) is 3.21. The summed E-state index contributed by atoms with van der Waals surface area (Å²) in [4.78, 5) is 42.4. The van der Waals surface area contributed by atoms with Crippen molar-refractivity contribution < 1.29 is 32.6 Å². The van der Waals surface area contributed by atoms with Gasteiger partial charge in [0.2, 0.25) is 5.43 Å². The summed E-state index contributed by atoms with van der Waals surface area (Å²) in [5, 5.41) is 11.9. The Balaban J connectivity index is 1.49. The van der Waals surface area contributed by atoms with Gasteiger partial charge in [0.15, 0.2) is 17.3 Å². The predicted molar refractivity (Wildman–Crippen MR) is 127 cm³/mol. The maximum atomic E-state index is 15.2. The van der Waals surface area contributed by atoms with E-state index in [0.29, 0.717) is 19.2 Å². The number of ether oxygens (including phenoxy) is 1. The molecule has 2 N–H and O–H groups in total. The van der Waals surface area contributed by atoms with Crippen molar-refractivity contribution in [2.75, 3.05) is 18.0 Å². The van der Waals surface area contributed by atoms with Crippen molar-refractivity contribution in [1.82, 2.24) is 14.9 Å². The van der Waals surface area contributed by atoms with Crippen molar-refractivity contribution in [2.24, 2.45) is 11.8 Å². The van der Waals surface area contributed by atoms with E-state index in [1.165, 1.54) is 0 Å². The van der Waals surface area contributed by atoms with E-state index in [0.717, 1.165) is 29.0 Å². The maximum absolute atomic E-state index is 15.2. The lowest BCUT2D eigenvalue weighted by Gasteiger charge is -2.24. The Hall–Kier alpha value is -4.09. The molecule has 194 valence electrons. The van der Waals surface area contributed by atoms with Gasteiger partial charge in [0.25, 0.3) is 0 Å². The van der Waals surface area contributed by atoms with Gasteiger partial charge in [-0.25, -0.2) is 27.7 Å². The smallest absolute Gasteiger partial charge is 0.407 e. The number of amides is 1. The Morgan fingerprint density at radius 2 is 1.78 bits per heavy atom. The van der Waals surface area contributed by atoms with Gasteiger partial charge in [-0.2, -0.15) is 0 Å². The predicted octanol–water partition coefficient (Wildman–Crippen LogP) is 3.46. The summed E-state index contributed by atoms with van der Waals surface area (Å²) in [6.07, 6.45) is 0.355. The molecule has 1 saturated heterocycles. The molecule has 2 aromatic heterocycles. The fourth-order valence-corrected chi connectivity index (χ4v) is 4.81. The second-order valence-electron chi connectivity index (χ2n) is 10.2. The molecular weight excluding hydrogens is 493 g/mol. The first-order chi connectivity index (χ1) is 17.3. The van der Waals surface area contributed by atoms with Crippen molar-refractivity contribution in [2.45, 2.75) is 32.4 Å². The minimum Gasteiger partial charge on any atom is -0.477 e. The molecule has 1 aromatic carbocycles. The van der Waals surface area contributed by atoms with Crippen LogP contribution in [0.2, 0.25) is 0 Å². The first kappa shape index (κ1) is 24.6. The molecule has 1 saturated carbocycles. The number of nitrogens with zero attached hydrogens (tertiary/aromatic N) is 3. The third kappa shape index (κ3) is 4.47. The summed E-state index contributed by atoms with van der Waals surface area (Å²) in [6, 6.07) is 3.40. The van der Waals surface area contributed by atoms with Gasteiger partial charge in [0.1, 0.15) is 22.8 Å². The summed E-state index contributed by atoms with van der Waals surface area (Å²) in [5.41, 5.74) is -2.78. The highest BCUT2D eigenvalue weighted by atomic mass is 19.1. The molecule has 1 amide bonds. The van der Waals surface area contributed by atoms with E-state index in [1.54, 1.807) is 25.7 Å². The number of fused-ring (bicyclic) bond motifs is 2. The van der Waals surface area contributed by atoms with E-state index in [4.69, 9.17) is 4.74 Å². The van der Waals surface area contributed by atoms with Crippen LogP contribution in [-0.4, -0.2) is 51.5 Å². The van der Waals surface area contributed by atoms with Crippen LogP contribution in [0.4, 0.5) is 23.8 Å². The van der Waals surface area contributed by atoms with Gasteiger partial charge in [-0.3, -0.25) is 9.36 Å². The number of rotatable bonds is 4. The Morgan fingerprint density at radius 1 is 1.11 bits per heavy atom. The highest BCUT2D eigenvalue weighted by Gasteiger charge is 2.57. The lowest BCUT2D eigenvalue weighted by molar-refractivity contribution is 0.0517. The van der Waals surface area contributed by atoms with Gasteiger partial charge in [-0.05, 0) is 39.0 Å². The maximum Gasteiger partial charge on any atom is 0.407 e. The SMILES string of the molecule is CC(C)(C)OC(=O)N[C@H]1[C@@H]2CN(c3nc4c(cc3F)c(=O)c(C(=O)O)cn4-c3ccc(F)cc3F)C[C@@H]21. The van der Waals surface area contributed by atoms with E-state index in [2.05, 4.69) is 10.3 Å². The highest BCUT2D eigenvalue weighted by molar-refractivity contribution is 5.92. The molecule has 37 heavy (non-hydrogen) atoms. The Bertz CT molecular complexity index is 1500. The lowest BCUT2D eigenvalue weighted by Crippen LogP contribution is -2.38. The number of carbonyl (C=O) groups is 2. The van der Waals surface area contributed by atoms with Gasteiger partial charge in [0, 0.05) is 43.2 Å². The normalized spacial score (nSPS) is 20.6. The van der Waals surface area contributed by atoms with Crippen molar-refractivity contribution in [3.8, 4) is 5.69 Å². The molecule has 12 heteroatoms. The van der Waals surface area contributed by atoms with Crippen LogP contribution in [0.25, 0.3) is 16.7 Å². The Kier molecular flexibility index (Phi) is 5.65. The molecule has 3 aromatic rings. The summed E-state index contributed by atoms with van der Waals surface area (Å²) < 4.78 is 49.6. The van der Waals surface area contributed by atoms with Crippen LogP contribution in [0.3, 0.4) is 0 Å². The number of hydrogen-bond donors (Lipinski definition) is 2. The number of carboxylic acid groups (broad SMARTS) is 1. The second-order valence-corrected chi connectivity index (χ2v) is 10.2. The molecule has 0 radical (unpaired) electrons. The summed E-state index contributed by atoms with van der Waals surface area (Å²) >= 11 is 0. The molecule has 3 atom stereocenters. The van der Waals surface area contributed by atoms with Gasteiger partial charge in [0.05, 0.1) is 11.1 Å². The van der Waals surface area contributed by atoms with Crippen LogP contribution in [0.5, 0.6) is 0 Å². The van der Waals surface area contributed by atoms with Crippen LogP contribution >= 0.6 is 0 Å². The topological polar surface area (TPSA) is 114 Å². The van der Waals surface area contributed by atoms with Crippen molar-refractivity contribution in [1.29, 1.82) is 0 Å². The number of piperidine rings is 1. The minimum atomic E-state index is -1.59. The fraction of sp³-hybridized carbons (Fsp3) is 0.360. The van der Waals surface area contributed by atoms with Crippen LogP contribution in [0.1, 0.15) is 31.1 Å². The average molecular weight is 516 g/mol. The number of anilines is 1. The van der Waals surface area contributed by atoms with Crippen molar-refractivity contribution in [3.63, 3.8) is 0 Å². The number of carboxylic acids is 1. The largest absolute Gasteiger partial charge is 0.477 e. The number of carbonyl (C=O) groups excluding carboxylic acids is 1. The molecule has 1 aliphatic carbocycles. The van der Waals surface area contributed by atoms with Gasteiger partial charge in [-0.1, -0.05) is 0 Å². The first-order valence-electron chi connectivity index (χ1n) is 11.5. The Morgan fingerprint density at radius 3 is 2.38 bits per heavy atom. The number of aromatic carboxylic acids is 1. The Labute approximate surface area is 208 Å². The molecule has 2 fully saturated rings. The number of alkyl carbamates (subject to hydrolysis) is 1. The van der Waals surface area contributed by atoms with E-state index in [-0.39, 0.29) is 40.4 Å². The van der Waals surface area contributed by atoms with Crippen LogP contribution < -0.4 is 15.6 Å². The minimum absolute atomic E-state index is 0.0375. The number of aromatic nitrogens is 2. The van der Waals surface area contributed by atoms with Crippen molar-refractivity contribution in [3.05, 3.63) is 63.7 Å². The van der Waals surface area contributed by atoms with Crippen molar-refractivity contribution >= 4 is 28.9 Å². The molecule has 2 aliphatic rings. The van der Waals surface area contributed by atoms with Gasteiger partial charge in [-0.15, -0.1) is 0 Å². The number of nitrogens with one attached hydrogen (secondary N) is 1. The number of benzene rings is 1. The summed E-state index contributed by atoms with van der Waals surface area (Å²) in [7, 11) is 0. The zero-order valence-electron chi connectivity index (χ0n) is 20.1. The van der Waals surface area contributed by atoms with Gasteiger partial charge < -0.3 is 20.1 Å². The number of halogens is 3. The zero-order valence-corrected chi connectivity index (χ0v) is 20.1. The first-order valence-corrected chi connectivity index (χ1v) is 11.5. The summed E-state index contributed by atoms with van der Waals surface area (Å²) in [5.74, 6) is -4.34. The van der Waals surface area contributed by atoms with E-state index in [9.17, 15) is 28.3 Å². The highest BCUT2D eigenvalue weighted by Crippen LogP contribution is 2.47. The molecule has 0 spiro atoms. The van der Waals surface area contributed by atoms with Gasteiger partial charge >= 0.3 is 12.1 Å². The second kappa shape index (κ2) is 8.49. The molecule has 0 unspecified atom stereocenters. The third-order valence-corrected chi connectivity index (χ3v) is 6.49. The molecule has 9 nitrogen and oxygen atoms in total. The molecule has 1 aliphatic heterocycles. The zero-order chi connectivity index (χ0) is 26.8. The monoisotopic (exact) mass is 516 g/mol. The molecular formula is C25H23F3N4O5. The standard InChI is InChI=1S/C25H23F3N4O5/c1-25(2,3)37-24(36)29-19-13-8-31(9-14(13)19)22-17(28)7-12-20(33)15(23(34)35)10-32(21(12)30-22)18-5-4-11(26)6-16(18)27/h4-7,10,13-14,19H,8-9H2,1-3H3,(H,29,36)(H,34,35)/t13-,14+,19+. The van der Waals surface area contributed by atoms with Crippen LogP contribution in [0.15, 0.2) is 35.3 Å². The lowest BCUT2D eigenvalue weighted by atomic mass is 10.1. The van der Waals surface area contributed by atoms with E-state index >= 15 is 4.39 Å². The number of pyridine rings is 2. The molecule has 3 heterocycles. The quantitative estimate of drug-likeness (QED) is 0.546. The third-order valence-electron chi connectivity index (χ3n) is 6.49. The van der Waals surface area contributed by atoms with Crippen LogP contribution in [0, 0.1) is 29.3 Å². The number of hydrogen-bond acceptors (Lipinski definition) is 6.